The van der Waals surface area contributed by atoms with E-state index in [1.165, 1.54) is 25.7 Å². The van der Waals surface area contributed by atoms with Gasteiger partial charge in [-0.1, -0.05) is 49.0 Å². The molecule has 1 aliphatic carbocycles. The molecule has 2 nitrogen and oxygen atoms in total. The molecule has 0 heterocycles. The molecule has 0 aromatic heterocycles. The van der Waals surface area contributed by atoms with Crippen LogP contribution >= 0.6 is 23.2 Å². The van der Waals surface area contributed by atoms with Gasteiger partial charge in [0, 0.05) is 22.2 Å². The van der Waals surface area contributed by atoms with Gasteiger partial charge in [-0.25, -0.2) is 0 Å². The summed E-state index contributed by atoms with van der Waals surface area (Å²) < 4.78 is 0. The van der Waals surface area contributed by atoms with Crippen molar-refractivity contribution in [2.45, 2.75) is 51.5 Å². The summed E-state index contributed by atoms with van der Waals surface area (Å²) in [5, 5.41) is 4.23. The first-order valence-electron chi connectivity index (χ1n) is 8.02. The van der Waals surface area contributed by atoms with Crippen LogP contribution < -0.4 is 5.32 Å². The molecule has 1 saturated carbocycles. The molecule has 1 amide bonds. The van der Waals surface area contributed by atoms with E-state index in [0.29, 0.717) is 16.1 Å². The molecular weight excluding hydrogens is 317 g/mol. The lowest BCUT2D eigenvalue weighted by atomic mass is 9.83. The standard InChI is InChI=1S/C18H23Cl2NO/c1-2-3-13-4-9-16(10-5-13)21-18(22)11-7-14-6-8-15(19)12-17(14)20/h6-8,11-13,16H,2-5,9-10H2,1H3,(H,21,22)/b11-7+. The zero-order valence-corrected chi connectivity index (χ0v) is 14.5. The first-order valence-corrected chi connectivity index (χ1v) is 8.77. The van der Waals surface area contributed by atoms with Crippen LogP contribution in [0, 0.1) is 5.92 Å². The normalized spacial score (nSPS) is 22.0. The van der Waals surface area contributed by atoms with Gasteiger partial charge in [0.2, 0.25) is 5.91 Å². The van der Waals surface area contributed by atoms with Crippen LogP contribution in [0.1, 0.15) is 51.0 Å². The molecule has 4 heteroatoms. The maximum Gasteiger partial charge on any atom is 0.244 e. The Bertz CT molecular complexity index is 534. The molecule has 1 aliphatic rings. The summed E-state index contributed by atoms with van der Waals surface area (Å²) in [7, 11) is 0. The van der Waals surface area contributed by atoms with E-state index in [0.717, 1.165) is 24.3 Å². The van der Waals surface area contributed by atoms with E-state index in [2.05, 4.69) is 12.2 Å². The van der Waals surface area contributed by atoms with Crippen molar-refractivity contribution in [3.63, 3.8) is 0 Å². The van der Waals surface area contributed by atoms with Crippen LogP contribution in [0.3, 0.4) is 0 Å². The van der Waals surface area contributed by atoms with E-state index >= 15 is 0 Å². The molecule has 0 saturated heterocycles. The lowest BCUT2D eigenvalue weighted by molar-refractivity contribution is -0.117. The van der Waals surface area contributed by atoms with Crippen molar-refractivity contribution < 1.29 is 4.79 Å². The minimum atomic E-state index is -0.0510. The zero-order chi connectivity index (χ0) is 15.9. The number of hydrogen-bond acceptors (Lipinski definition) is 1. The molecule has 22 heavy (non-hydrogen) atoms. The Hall–Kier alpha value is -0.990. The average molecular weight is 340 g/mol. The molecule has 1 N–H and O–H groups in total. The van der Waals surface area contributed by atoms with Crippen LogP contribution in [0.2, 0.25) is 10.0 Å². The van der Waals surface area contributed by atoms with Crippen molar-refractivity contribution >= 4 is 35.2 Å². The maximum atomic E-state index is 12.0. The first-order chi connectivity index (χ1) is 10.6. The van der Waals surface area contributed by atoms with Crippen LogP contribution in [-0.2, 0) is 4.79 Å². The molecule has 0 radical (unpaired) electrons. The molecular formula is C18H23Cl2NO. The quantitative estimate of drug-likeness (QED) is 0.707. The van der Waals surface area contributed by atoms with Crippen molar-refractivity contribution in [3.8, 4) is 0 Å². The molecule has 0 unspecified atom stereocenters. The van der Waals surface area contributed by atoms with Gasteiger partial charge in [0.15, 0.2) is 0 Å². The molecule has 1 aromatic rings. The molecule has 0 bridgehead atoms. The minimum absolute atomic E-state index is 0.0510. The third kappa shape index (κ3) is 5.33. The number of halogens is 2. The van der Waals surface area contributed by atoms with E-state index in [9.17, 15) is 4.79 Å². The Morgan fingerprint density at radius 1 is 1.27 bits per heavy atom. The van der Waals surface area contributed by atoms with E-state index in [1.807, 2.05) is 6.07 Å². The third-order valence-corrected chi connectivity index (χ3v) is 4.83. The van der Waals surface area contributed by atoms with E-state index in [4.69, 9.17) is 23.2 Å². The van der Waals surface area contributed by atoms with Gasteiger partial charge in [0.05, 0.1) is 0 Å². The van der Waals surface area contributed by atoms with Crippen LogP contribution in [0.15, 0.2) is 24.3 Å². The average Bonchev–Trinajstić information content (AvgIpc) is 2.49. The summed E-state index contributed by atoms with van der Waals surface area (Å²) in [6.07, 6.45) is 10.5. The van der Waals surface area contributed by atoms with Gasteiger partial charge in [-0.3, -0.25) is 4.79 Å². The summed E-state index contributed by atoms with van der Waals surface area (Å²) in [5.74, 6) is 0.798. The number of amides is 1. The fourth-order valence-electron chi connectivity index (χ4n) is 3.06. The number of carbonyl (C=O) groups is 1. The Morgan fingerprint density at radius 2 is 2.00 bits per heavy atom. The molecule has 1 fully saturated rings. The number of benzene rings is 1. The summed E-state index contributed by atoms with van der Waals surface area (Å²) in [6.45, 7) is 2.24. The highest BCUT2D eigenvalue weighted by Gasteiger charge is 2.21. The predicted octanol–water partition coefficient (Wildman–Crippen LogP) is 5.48. The topological polar surface area (TPSA) is 29.1 Å². The third-order valence-electron chi connectivity index (χ3n) is 4.27. The van der Waals surface area contributed by atoms with Gasteiger partial charge in [-0.15, -0.1) is 0 Å². The summed E-state index contributed by atoms with van der Waals surface area (Å²) in [4.78, 5) is 12.0. The van der Waals surface area contributed by atoms with E-state index in [1.54, 1.807) is 24.3 Å². The van der Waals surface area contributed by atoms with Crippen LogP contribution in [0.25, 0.3) is 6.08 Å². The second kappa shape index (κ2) is 8.59. The Balaban J connectivity index is 1.82. The number of nitrogens with one attached hydrogen (secondary N) is 1. The van der Waals surface area contributed by atoms with Crippen LogP contribution in [-0.4, -0.2) is 11.9 Å². The van der Waals surface area contributed by atoms with Crippen molar-refractivity contribution in [2.75, 3.05) is 0 Å². The highest BCUT2D eigenvalue weighted by Crippen LogP contribution is 2.27. The number of hydrogen-bond donors (Lipinski definition) is 1. The van der Waals surface area contributed by atoms with Crippen molar-refractivity contribution in [1.29, 1.82) is 0 Å². The fourth-order valence-corrected chi connectivity index (χ4v) is 3.53. The summed E-state index contributed by atoms with van der Waals surface area (Å²) in [6, 6.07) is 5.56. The smallest absolute Gasteiger partial charge is 0.244 e. The zero-order valence-electron chi connectivity index (χ0n) is 12.9. The number of carbonyl (C=O) groups excluding carboxylic acids is 1. The highest BCUT2D eigenvalue weighted by atomic mass is 35.5. The molecule has 0 atom stereocenters. The predicted molar refractivity (Wildman–Crippen MR) is 94.3 cm³/mol. The molecule has 0 aliphatic heterocycles. The summed E-state index contributed by atoms with van der Waals surface area (Å²) >= 11 is 11.9. The Labute approximate surface area is 142 Å². The lowest BCUT2D eigenvalue weighted by Crippen LogP contribution is -2.36. The molecule has 2 rings (SSSR count). The largest absolute Gasteiger partial charge is 0.350 e. The SMILES string of the molecule is CCCC1CCC(NC(=O)/C=C/c2ccc(Cl)cc2Cl)CC1. The Morgan fingerprint density at radius 3 is 2.64 bits per heavy atom. The lowest BCUT2D eigenvalue weighted by Gasteiger charge is -2.28. The first kappa shape index (κ1) is 17.4. The van der Waals surface area contributed by atoms with Gasteiger partial charge >= 0.3 is 0 Å². The van der Waals surface area contributed by atoms with Crippen molar-refractivity contribution in [3.05, 3.63) is 39.9 Å². The molecule has 1 aromatic carbocycles. The second-order valence-corrected chi connectivity index (χ2v) is 6.86. The second-order valence-electron chi connectivity index (χ2n) is 6.01. The minimum Gasteiger partial charge on any atom is -0.350 e. The maximum absolute atomic E-state index is 12.0. The van der Waals surface area contributed by atoms with E-state index < -0.39 is 0 Å². The number of rotatable bonds is 5. The van der Waals surface area contributed by atoms with E-state index in [-0.39, 0.29) is 5.91 Å². The van der Waals surface area contributed by atoms with Crippen LogP contribution in [0.4, 0.5) is 0 Å². The van der Waals surface area contributed by atoms with Gasteiger partial charge in [-0.2, -0.15) is 0 Å². The molecule has 120 valence electrons. The summed E-state index contributed by atoms with van der Waals surface area (Å²) in [5.41, 5.74) is 0.799. The van der Waals surface area contributed by atoms with Crippen molar-refractivity contribution in [2.24, 2.45) is 5.92 Å². The van der Waals surface area contributed by atoms with Crippen LogP contribution in [0.5, 0.6) is 0 Å². The highest BCUT2D eigenvalue weighted by molar-refractivity contribution is 6.35. The monoisotopic (exact) mass is 339 g/mol. The van der Waals surface area contributed by atoms with Crippen molar-refractivity contribution in [1.82, 2.24) is 5.32 Å². The molecule has 0 spiro atoms. The van der Waals surface area contributed by atoms with Gasteiger partial charge < -0.3 is 5.32 Å². The van der Waals surface area contributed by atoms with Gasteiger partial charge in [0.1, 0.15) is 0 Å². The van der Waals surface area contributed by atoms with Gasteiger partial charge in [-0.05, 0) is 55.4 Å². The fraction of sp³-hybridized carbons (Fsp3) is 0.500. The Kier molecular flexibility index (Phi) is 6.78. The van der Waals surface area contributed by atoms with Gasteiger partial charge in [0.25, 0.3) is 0 Å².